The predicted octanol–water partition coefficient (Wildman–Crippen LogP) is 4.20. The van der Waals surface area contributed by atoms with Crippen molar-refractivity contribution in [2.45, 2.75) is 26.4 Å². The SMILES string of the molecule is Cc1cccc(CN[C@H](C)c2ccc(Cl)cc2)c1O. The Kier molecular flexibility index (Phi) is 4.46. The lowest BCUT2D eigenvalue weighted by molar-refractivity contribution is 0.456. The van der Waals surface area contributed by atoms with Gasteiger partial charge >= 0.3 is 0 Å². The summed E-state index contributed by atoms with van der Waals surface area (Å²) in [5.74, 6) is 0.373. The summed E-state index contributed by atoms with van der Waals surface area (Å²) < 4.78 is 0. The Hall–Kier alpha value is -1.51. The smallest absolute Gasteiger partial charge is 0.122 e. The van der Waals surface area contributed by atoms with Crippen molar-refractivity contribution in [2.24, 2.45) is 0 Å². The van der Waals surface area contributed by atoms with Crippen LogP contribution in [-0.2, 0) is 6.54 Å². The highest BCUT2D eigenvalue weighted by Crippen LogP contribution is 2.22. The van der Waals surface area contributed by atoms with Crippen molar-refractivity contribution >= 4 is 11.6 Å². The Morgan fingerprint density at radius 3 is 2.53 bits per heavy atom. The Balaban J connectivity index is 2.02. The summed E-state index contributed by atoms with van der Waals surface area (Å²) in [5.41, 5.74) is 3.00. The zero-order valence-corrected chi connectivity index (χ0v) is 11.9. The van der Waals surface area contributed by atoms with Gasteiger partial charge in [-0.1, -0.05) is 41.9 Å². The van der Waals surface area contributed by atoms with E-state index in [1.165, 1.54) is 5.56 Å². The molecular formula is C16H18ClNO. The monoisotopic (exact) mass is 275 g/mol. The quantitative estimate of drug-likeness (QED) is 0.876. The van der Waals surface area contributed by atoms with Gasteiger partial charge in [0, 0.05) is 23.2 Å². The maximum absolute atomic E-state index is 9.96. The third-order valence-electron chi connectivity index (χ3n) is 3.29. The summed E-state index contributed by atoms with van der Waals surface area (Å²) in [6.45, 7) is 4.63. The van der Waals surface area contributed by atoms with Crippen LogP contribution in [-0.4, -0.2) is 5.11 Å². The lowest BCUT2D eigenvalue weighted by atomic mass is 10.1. The molecule has 2 N–H and O–H groups in total. The van der Waals surface area contributed by atoms with E-state index in [-0.39, 0.29) is 6.04 Å². The van der Waals surface area contributed by atoms with Crippen LogP contribution >= 0.6 is 11.6 Å². The van der Waals surface area contributed by atoms with Crippen LogP contribution in [0.5, 0.6) is 5.75 Å². The van der Waals surface area contributed by atoms with Gasteiger partial charge in [-0.15, -0.1) is 0 Å². The van der Waals surface area contributed by atoms with Crippen LogP contribution in [0.25, 0.3) is 0 Å². The molecule has 0 radical (unpaired) electrons. The number of aryl methyl sites for hydroxylation is 1. The van der Waals surface area contributed by atoms with Crippen molar-refractivity contribution in [1.29, 1.82) is 0 Å². The Bertz CT molecular complexity index is 551. The van der Waals surface area contributed by atoms with Crippen molar-refractivity contribution in [3.05, 3.63) is 64.2 Å². The van der Waals surface area contributed by atoms with Crippen LogP contribution in [0.1, 0.15) is 29.7 Å². The van der Waals surface area contributed by atoms with Crippen molar-refractivity contribution in [3.63, 3.8) is 0 Å². The number of phenols is 1. The Morgan fingerprint density at radius 2 is 1.84 bits per heavy atom. The standard InChI is InChI=1S/C16H18ClNO/c1-11-4-3-5-14(16(11)19)10-18-12(2)13-6-8-15(17)9-7-13/h3-9,12,18-19H,10H2,1-2H3/t12-/m1/s1. The first-order valence-electron chi connectivity index (χ1n) is 6.34. The molecule has 0 aliphatic carbocycles. The fourth-order valence-electron chi connectivity index (χ4n) is 1.99. The summed E-state index contributed by atoms with van der Waals surface area (Å²) in [7, 11) is 0. The maximum atomic E-state index is 9.96. The molecule has 0 bridgehead atoms. The van der Waals surface area contributed by atoms with E-state index >= 15 is 0 Å². The highest BCUT2D eigenvalue weighted by Gasteiger charge is 2.07. The molecule has 2 rings (SSSR count). The van der Waals surface area contributed by atoms with E-state index in [2.05, 4.69) is 12.2 Å². The number of aromatic hydroxyl groups is 1. The topological polar surface area (TPSA) is 32.3 Å². The average molecular weight is 276 g/mol. The van der Waals surface area contributed by atoms with E-state index in [1.54, 1.807) is 0 Å². The predicted molar refractivity (Wildman–Crippen MR) is 79.6 cm³/mol. The second kappa shape index (κ2) is 6.09. The summed E-state index contributed by atoms with van der Waals surface area (Å²) >= 11 is 5.87. The molecule has 0 aromatic heterocycles. The van der Waals surface area contributed by atoms with Crippen LogP contribution in [0.4, 0.5) is 0 Å². The minimum atomic E-state index is 0.206. The number of hydrogen-bond donors (Lipinski definition) is 2. The third kappa shape index (κ3) is 3.49. The summed E-state index contributed by atoms with van der Waals surface area (Å²) in [6.07, 6.45) is 0. The van der Waals surface area contributed by atoms with Crippen molar-refractivity contribution in [1.82, 2.24) is 5.32 Å². The molecule has 3 heteroatoms. The van der Waals surface area contributed by atoms with Gasteiger partial charge in [0.2, 0.25) is 0 Å². The molecule has 1 atom stereocenters. The van der Waals surface area contributed by atoms with E-state index in [1.807, 2.05) is 49.4 Å². The number of benzene rings is 2. The van der Waals surface area contributed by atoms with Crippen molar-refractivity contribution in [3.8, 4) is 5.75 Å². The molecule has 0 saturated carbocycles. The molecule has 100 valence electrons. The van der Waals surface area contributed by atoms with Crippen LogP contribution in [0, 0.1) is 6.92 Å². The molecule has 2 aromatic rings. The zero-order valence-electron chi connectivity index (χ0n) is 11.2. The molecule has 2 aromatic carbocycles. The first kappa shape index (κ1) is 13.9. The van der Waals surface area contributed by atoms with E-state index in [9.17, 15) is 5.11 Å². The second-order valence-electron chi connectivity index (χ2n) is 4.74. The number of para-hydroxylation sites is 1. The minimum Gasteiger partial charge on any atom is -0.507 e. The molecular weight excluding hydrogens is 258 g/mol. The van der Waals surface area contributed by atoms with Gasteiger partial charge in [0.05, 0.1) is 0 Å². The van der Waals surface area contributed by atoms with Gasteiger partial charge in [0.1, 0.15) is 5.75 Å². The molecule has 0 spiro atoms. The van der Waals surface area contributed by atoms with Gasteiger partial charge in [-0.3, -0.25) is 0 Å². The largest absolute Gasteiger partial charge is 0.507 e. The summed E-state index contributed by atoms with van der Waals surface area (Å²) in [6, 6.07) is 13.8. The van der Waals surface area contributed by atoms with Gasteiger partial charge in [0.25, 0.3) is 0 Å². The van der Waals surface area contributed by atoms with Crippen LogP contribution in [0.15, 0.2) is 42.5 Å². The molecule has 2 nitrogen and oxygen atoms in total. The van der Waals surface area contributed by atoms with Gasteiger partial charge in [0.15, 0.2) is 0 Å². The molecule has 0 aliphatic heterocycles. The number of phenolic OH excluding ortho intramolecular Hbond substituents is 1. The van der Waals surface area contributed by atoms with Gasteiger partial charge in [-0.2, -0.15) is 0 Å². The first-order chi connectivity index (χ1) is 9.08. The van der Waals surface area contributed by atoms with E-state index in [0.29, 0.717) is 12.3 Å². The van der Waals surface area contributed by atoms with Crippen molar-refractivity contribution in [2.75, 3.05) is 0 Å². The molecule has 0 heterocycles. The molecule has 0 aliphatic rings. The highest BCUT2D eigenvalue weighted by molar-refractivity contribution is 6.30. The van der Waals surface area contributed by atoms with Crippen molar-refractivity contribution < 1.29 is 5.11 Å². The summed E-state index contributed by atoms with van der Waals surface area (Å²) in [5, 5.41) is 14.1. The number of nitrogens with one attached hydrogen (secondary N) is 1. The fourth-order valence-corrected chi connectivity index (χ4v) is 2.12. The Morgan fingerprint density at radius 1 is 1.16 bits per heavy atom. The highest BCUT2D eigenvalue weighted by atomic mass is 35.5. The minimum absolute atomic E-state index is 0.206. The number of hydrogen-bond acceptors (Lipinski definition) is 2. The molecule has 0 fully saturated rings. The third-order valence-corrected chi connectivity index (χ3v) is 3.54. The molecule has 0 saturated heterocycles. The van der Waals surface area contributed by atoms with E-state index in [0.717, 1.165) is 16.1 Å². The molecule has 0 amide bonds. The van der Waals surface area contributed by atoms with Gasteiger partial charge in [-0.05, 0) is 37.1 Å². The lowest BCUT2D eigenvalue weighted by Crippen LogP contribution is -2.18. The van der Waals surface area contributed by atoms with Gasteiger partial charge in [-0.25, -0.2) is 0 Å². The van der Waals surface area contributed by atoms with E-state index < -0.39 is 0 Å². The van der Waals surface area contributed by atoms with Gasteiger partial charge < -0.3 is 10.4 Å². The van der Waals surface area contributed by atoms with Crippen LogP contribution < -0.4 is 5.32 Å². The van der Waals surface area contributed by atoms with Crippen LogP contribution in [0.3, 0.4) is 0 Å². The lowest BCUT2D eigenvalue weighted by Gasteiger charge is -2.15. The average Bonchev–Trinajstić information content (AvgIpc) is 2.41. The fraction of sp³-hybridized carbons (Fsp3) is 0.250. The van der Waals surface area contributed by atoms with E-state index in [4.69, 9.17) is 11.6 Å². The zero-order chi connectivity index (χ0) is 13.8. The summed E-state index contributed by atoms with van der Waals surface area (Å²) in [4.78, 5) is 0. The molecule has 19 heavy (non-hydrogen) atoms. The second-order valence-corrected chi connectivity index (χ2v) is 5.17. The van der Waals surface area contributed by atoms with Crippen LogP contribution in [0.2, 0.25) is 5.02 Å². The Labute approximate surface area is 119 Å². The first-order valence-corrected chi connectivity index (χ1v) is 6.72. The number of halogens is 1. The molecule has 0 unspecified atom stereocenters. The number of rotatable bonds is 4. The maximum Gasteiger partial charge on any atom is 0.122 e. The normalized spacial score (nSPS) is 12.4.